The van der Waals surface area contributed by atoms with E-state index >= 15 is 0 Å². The van der Waals surface area contributed by atoms with Crippen LogP contribution in [0.4, 0.5) is 17.1 Å². The molecule has 0 bridgehead atoms. The molecule has 2 amide bonds. The van der Waals surface area contributed by atoms with Gasteiger partial charge in [0.2, 0.25) is 5.91 Å². The van der Waals surface area contributed by atoms with Crippen molar-refractivity contribution in [1.82, 2.24) is 19.6 Å². The molecule has 0 saturated heterocycles. The number of hydrogen-bond acceptors (Lipinski definition) is 5. The fourth-order valence-electron chi connectivity index (χ4n) is 3.92. The average Bonchev–Trinajstić information content (AvgIpc) is 3.15. The molecule has 8 nitrogen and oxygen atoms in total. The number of rotatable bonds is 9. The summed E-state index contributed by atoms with van der Waals surface area (Å²) in [5.74, 6) is -0.326. The quantitative estimate of drug-likeness (QED) is 0.666. The lowest BCUT2D eigenvalue weighted by atomic mass is 10.2. The summed E-state index contributed by atoms with van der Waals surface area (Å²) in [5.41, 5.74) is 2.23. The summed E-state index contributed by atoms with van der Waals surface area (Å²) < 4.78 is 1.68. The molecular weight excluding hydrogens is 392 g/mol. The Kier molecular flexibility index (Phi) is 7.46. The molecule has 8 heteroatoms. The Morgan fingerprint density at radius 3 is 2.32 bits per heavy atom. The Bertz CT molecular complexity index is 919. The second-order valence-electron chi connectivity index (χ2n) is 8.01. The van der Waals surface area contributed by atoms with Gasteiger partial charge in [0, 0.05) is 19.1 Å². The molecule has 0 aliphatic carbocycles. The second kappa shape index (κ2) is 10.1. The number of carbonyl (C=O) groups excluding carboxylic acids is 2. The number of benzene rings is 1. The number of nitrogens with zero attached hydrogens (tertiary/aromatic N) is 5. The molecule has 1 aliphatic rings. The fourth-order valence-corrected chi connectivity index (χ4v) is 3.92. The van der Waals surface area contributed by atoms with Crippen LogP contribution in [0, 0.1) is 0 Å². The molecule has 2 aromatic rings. The maximum atomic E-state index is 13.6. The SMILES string of the molecule is CCN(CC)CCN(CC)CC(=O)N1c2ccccc2NC(=O)c2c1cnn2C(C)C. The minimum Gasteiger partial charge on any atom is -0.319 e. The van der Waals surface area contributed by atoms with Crippen molar-refractivity contribution >= 4 is 28.9 Å². The Labute approximate surface area is 184 Å². The number of hydrogen-bond donors (Lipinski definition) is 1. The molecular formula is C23H34N6O2. The molecule has 3 rings (SSSR count). The van der Waals surface area contributed by atoms with E-state index in [-0.39, 0.29) is 24.4 Å². The monoisotopic (exact) mass is 426 g/mol. The van der Waals surface area contributed by atoms with Crippen LogP contribution in [0.25, 0.3) is 0 Å². The summed E-state index contributed by atoms with van der Waals surface area (Å²) in [6.07, 6.45) is 1.63. The summed E-state index contributed by atoms with van der Waals surface area (Å²) in [6, 6.07) is 7.41. The first kappa shape index (κ1) is 23.0. The topological polar surface area (TPSA) is 73.7 Å². The van der Waals surface area contributed by atoms with Gasteiger partial charge in [-0.15, -0.1) is 0 Å². The summed E-state index contributed by atoms with van der Waals surface area (Å²) in [7, 11) is 0. The minimum absolute atomic E-state index is 0.00567. The lowest BCUT2D eigenvalue weighted by Crippen LogP contribution is -2.41. The number of para-hydroxylation sites is 2. The zero-order valence-corrected chi connectivity index (χ0v) is 19.3. The molecule has 1 N–H and O–H groups in total. The maximum absolute atomic E-state index is 13.6. The van der Waals surface area contributed by atoms with E-state index in [1.807, 2.05) is 38.1 Å². The van der Waals surface area contributed by atoms with Crippen molar-refractivity contribution in [1.29, 1.82) is 0 Å². The summed E-state index contributed by atoms with van der Waals surface area (Å²) in [5, 5.41) is 7.37. The van der Waals surface area contributed by atoms with E-state index in [9.17, 15) is 9.59 Å². The molecule has 2 heterocycles. The van der Waals surface area contributed by atoms with Crippen LogP contribution in [0.15, 0.2) is 30.5 Å². The molecule has 0 spiro atoms. The first-order valence-corrected chi connectivity index (χ1v) is 11.2. The zero-order chi connectivity index (χ0) is 22.5. The Balaban J connectivity index is 1.94. The maximum Gasteiger partial charge on any atom is 0.276 e. The second-order valence-corrected chi connectivity index (χ2v) is 8.01. The molecule has 1 aromatic heterocycles. The Hall–Kier alpha value is -2.71. The van der Waals surface area contributed by atoms with Gasteiger partial charge in [0.15, 0.2) is 5.69 Å². The van der Waals surface area contributed by atoms with Crippen molar-refractivity contribution in [3.63, 3.8) is 0 Å². The van der Waals surface area contributed by atoms with Crippen LogP contribution in [-0.4, -0.2) is 70.7 Å². The number of carbonyl (C=O) groups is 2. The lowest BCUT2D eigenvalue weighted by molar-refractivity contribution is -0.119. The van der Waals surface area contributed by atoms with Gasteiger partial charge in [-0.1, -0.05) is 32.9 Å². The molecule has 0 saturated carbocycles. The third-order valence-corrected chi connectivity index (χ3v) is 5.80. The van der Waals surface area contributed by atoms with Gasteiger partial charge in [-0.3, -0.25) is 24.1 Å². The van der Waals surface area contributed by atoms with E-state index in [2.05, 4.69) is 41.0 Å². The highest BCUT2D eigenvalue weighted by atomic mass is 16.2. The number of aromatic nitrogens is 2. The number of likely N-dealkylation sites (N-methyl/N-ethyl adjacent to an activating group) is 2. The van der Waals surface area contributed by atoms with Gasteiger partial charge in [-0.05, 0) is 45.6 Å². The van der Waals surface area contributed by atoms with Crippen molar-refractivity contribution in [3.05, 3.63) is 36.2 Å². The van der Waals surface area contributed by atoms with Crippen LogP contribution in [-0.2, 0) is 4.79 Å². The van der Waals surface area contributed by atoms with Crippen LogP contribution in [0.2, 0.25) is 0 Å². The summed E-state index contributed by atoms with van der Waals surface area (Å²) in [4.78, 5) is 32.8. The van der Waals surface area contributed by atoms with E-state index < -0.39 is 0 Å². The van der Waals surface area contributed by atoms with Crippen LogP contribution < -0.4 is 10.2 Å². The van der Waals surface area contributed by atoms with E-state index in [4.69, 9.17) is 0 Å². The highest BCUT2D eigenvalue weighted by Gasteiger charge is 2.33. The van der Waals surface area contributed by atoms with E-state index in [0.717, 1.165) is 32.7 Å². The largest absolute Gasteiger partial charge is 0.319 e. The number of fused-ring (bicyclic) bond motifs is 2. The number of amides is 2. The van der Waals surface area contributed by atoms with Gasteiger partial charge in [0.1, 0.15) is 5.69 Å². The van der Waals surface area contributed by atoms with Crippen molar-refractivity contribution in [2.75, 3.05) is 49.5 Å². The van der Waals surface area contributed by atoms with Crippen molar-refractivity contribution in [3.8, 4) is 0 Å². The van der Waals surface area contributed by atoms with Gasteiger partial charge < -0.3 is 10.2 Å². The summed E-state index contributed by atoms with van der Waals surface area (Å²) >= 11 is 0. The molecule has 0 atom stereocenters. The van der Waals surface area contributed by atoms with E-state index in [1.165, 1.54) is 0 Å². The van der Waals surface area contributed by atoms with Gasteiger partial charge in [-0.2, -0.15) is 5.10 Å². The molecule has 0 unspecified atom stereocenters. The molecule has 0 fully saturated rings. The zero-order valence-electron chi connectivity index (χ0n) is 19.3. The fraction of sp³-hybridized carbons (Fsp3) is 0.522. The Morgan fingerprint density at radius 2 is 1.68 bits per heavy atom. The van der Waals surface area contributed by atoms with Crippen LogP contribution in [0.1, 0.15) is 51.1 Å². The molecule has 1 aromatic carbocycles. The van der Waals surface area contributed by atoms with Crippen molar-refractivity contribution in [2.45, 2.75) is 40.7 Å². The highest BCUT2D eigenvalue weighted by molar-refractivity contribution is 6.17. The number of anilines is 3. The smallest absolute Gasteiger partial charge is 0.276 e. The van der Waals surface area contributed by atoms with E-state index in [1.54, 1.807) is 15.8 Å². The van der Waals surface area contributed by atoms with E-state index in [0.29, 0.717) is 22.8 Å². The van der Waals surface area contributed by atoms with Gasteiger partial charge in [-0.25, -0.2) is 0 Å². The highest BCUT2D eigenvalue weighted by Crippen LogP contribution is 2.38. The standard InChI is InChI=1S/C23H34N6O2/c1-6-26(7-2)13-14-27(8-3)16-21(30)28-19-12-10-9-11-18(19)25-23(31)22-20(28)15-24-29(22)17(4)5/h9-12,15,17H,6-8,13-14,16H2,1-5H3,(H,25,31). The molecule has 168 valence electrons. The van der Waals surface area contributed by atoms with Crippen molar-refractivity contribution in [2.24, 2.45) is 0 Å². The average molecular weight is 427 g/mol. The lowest BCUT2D eigenvalue weighted by Gasteiger charge is -2.28. The van der Waals surface area contributed by atoms with Gasteiger partial charge in [0.25, 0.3) is 5.91 Å². The molecule has 0 radical (unpaired) electrons. The van der Waals surface area contributed by atoms with Gasteiger partial charge >= 0.3 is 0 Å². The predicted octanol–water partition coefficient (Wildman–Crippen LogP) is 3.36. The normalized spacial score (nSPS) is 13.4. The number of nitrogens with one attached hydrogen (secondary N) is 1. The Morgan fingerprint density at radius 1 is 1.03 bits per heavy atom. The van der Waals surface area contributed by atoms with Crippen molar-refractivity contribution < 1.29 is 9.59 Å². The third kappa shape index (κ3) is 4.80. The molecule has 31 heavy (non-hydrogen) atoms. The first-order chi connectivity index (χ1) is 14.9. The molecule has 1 aliphatic heterocycles. The predicted molar refractivity (Wildman–Crippen MR) is 124 cm³/mol. The minimum atomic E-state index is -0.252. The first-order valence-electron chi connectivity index (χ1n) is 11.2. The summed E-state index contributed by atoms with van der Waals surface area (Å²) in [6.45, 7) is 15.1. The van der Waals surface area contributed by atoms with Gasteiger partial charge in [0.05, 0.1) is 24.1 Å². The van der Waals surface area contributed by atoms with Crippen LogP contribution in [0.3, 0.4) is 0 Å². The third-order valence-electron chi connectivity index (χ3n) is 5.80. The van der Waals surface area contributed by atoms with Crippen LogP contribution in [0.5, 0.6) is 0 Å². The van der Waals surface area contributed by atoms with Crippen LogP contribution >= 0.6 is 0 Å².